The molecule has 0 bridgehead atoms. The van der Waals surface area contributed by atoms with Crippen LogP contribution in [0.1, 0.15) is 17.1 Å². The van der Waals surface area contributed by atoms with Crippen LogP contribution >= 0.6 is 20.2 Å². The molecular formula is C31H27Cl2MnN6-. The Labute approximate surface area is 248 Å². The van der Waals surface area contributed by atoms with Gasteiger partial charge in [0.2, 0.25) is 0 Å². The van der Waals surface area contributed by atoms with Crippen molar-refractivity contribution in [3.63, 3.8) is 0 Å². The van der Waals surface area contributed by atoms with Gasteiger partial charge in [0.05, 0.1) is 17.1 Å². The van der Waals surface area contributed by atoms with Gasteiger partial charge < -0.3 is 0 Å². The standard InChI is InChI=1S/C31H27N6.2ClH.Mn/c1-22-19-28(25-13-7-4-8-14-25)32-35(22)31(36-23(2)20-29(33-36)26-15-9-5-10-16-26)37-24(3)21-30(34-37)27-17-11-6-12-18-27;;;/h4-21H,1-3H3;2*1H;/q-1;;;+2/p-2. The van der Waals surface area contributed by atoms with E-state index in [2.05, 4.69) is 75.4 Å². The monoisotopic (exact) mass is 608 g/mol. The van der Waals surface area contributed by atoms with E-state index in [4.69, 9.17) is 35.5 Å². The molecule has 3 aromatic heterocycles. The zero-order valence-electron chi connectivity index (χ0n) is 22.2. The Kier molecular flexibility index (Phi) is 8.78. The van der Waals surface area contributed by atoms with Gasteiger partial charge in [-0.1, -0.05) is 130 Å². The predicted molar refractivity (Wildman–Crippen MR) is 158 cm³/mol. The van der Waals surface area contributed by atoms with Gasteiger partial charge in [-0.2, -0.15) is 15.3 Å². The zero-order chi connectivity index (χ0) is 28.1. The molecule has 3 heterocycles. The van der Waals surface area contributed by atoms with Crippen molar-refractivity contribution in [3.05, 3.63) is 133 Å². The molecule has 0 amide bonds. The molecule has 3 aromatic carbocycles. The Morgan fingerprint density at radius 1 is 0.500 bits per heavy atom. The van der Waals surface area contributed by atoms with Gasteiger partial charge >= 0.3 is 33.3 Å². The van der Waals surface area contributed by atoms with Crippen molar-refractivity contribution in [3.8, 4) is 33.8 Å². The van der Waals surface area contributed by atoms with E-state index in [0.29, 0.717) is 0 Å². The van der Waals surface area contributed by atoms with Gasteiger partial charge in [0, 0.05) is 16.7 Å². The topological polar surface area (TPSA) is 53.5 Å². The summed E-state index contributed by atoms with van der Waals surface area (Å²) in [5.74, 6) is 0. The zero-order valence-corrected chi connectivity index (χ0v) is 24.9. The number of hydrogen-bond acceptors (Lipinski definition) is 3. The van der Waals surface area contributed by atoms with Crippen LogP contribution in [0.3, 0.4) is 0 Å². The van der Waals surface area contributed by atoms with E-state index in [-0.39, 0.29) is 13.1 Å². The van der Waals surface area contributed by atoms with Gasteiger partial charge in [0.25, 0.3) is 0 Å². The van der Waals surface area contributed by atoms with Crippen LogP contribution in [0.15, 0.2) is 109 Å². The van der Waals surface area contributed by atoms with Crippen molar-refractivity contribution in [2.75, 3.05) is 0 Å². The summed E-state index contributed by atoms with van der Waals surface area (Å²) >= 11 is 0.00694. The second-order valence-corrected chi connectivity index (χ2v) is 11.2. The van der Waals surface area contributed by atoms with Crippen molar-refractivity contribution in [1.82, 2.24) is 29.3 Å². The summed E-state index contributed by atoms with van der Waals surface area (Å²) in [5.41, 5.74) is 8.85. The van der Waals surface area contributed by atoms with Gasteiger partial charge in [0.15, 0.2) is 6.29 Å². The van der Waals surface area contributed by atoms with E-state index in [1.807, 2.05) is 68.6 Å². The van der Waals surface area contributed by atoms with Gasteiger partial charge in [-0.3, -0.25) is 14.0 Å². The summed E-state index contributed by atoms with van der Waals surface area (Å²) in [7, 11) is 9.59. The average Bonchev–Trinajstić information content (AvgIpc) is 3.68. The number of hydrogen-bond donors (Lipinski definition) is 0. The molecule has 0 fully saturated rings. The summed E-state index contributed by atoms with van der Waals surface area (Å²) in [6.45, 7) is 6.19. The predicted octanol–water partition coefficient (Wildman–Crippen LogP) is 7.97. The van der Waals surface area contributed by atoms with Gasteiger partial charge in [-0.15, -0.1) is 0 Å². The number of rotatable bonds is 6. The molecule has 0 saturated carbocycles. The maximum absolute atomic E-state index is 5.04. The van der Waals surface area contributed by atoms with Crippen molar-refractivity contribution in [1.29, 1.82) is 0 Å². The van der Waals surface area contributed by atoms with Crippen molar-refractivity contribution in [2.45, 2.75) is 20.8 Å². The van der Waals surface area contributed by atoms with E-state index in [1.54, 1.807) is 0 Å². The number of aryl methyl sites for hydroxylation is 3. The van der Waals surface area contributed by atoms with Crippen LogP contribution in [-0.2, 0) is 13.1 Å². The SMILES string of the molecule is Cc1cc(-c2ccccc2)nn1[C-](n1nc(-c2ccccc2)cc1C)n1nc(-c2ccccc2)cc1C.[Cl][Mn][Cl]. The number of aromatic nitrogens is 6. The fourth-order valence-electron chi connectivity index (χ4n) is 4.55. The summed E-state index contributed by atoms with van der Waals surface area (Å²) in [6, 6.07) is 37.0. The molecule has 0 spiro atoms. The van der Waals surface area contributed by atoms with Crippen LogP contribution in [0.25, 0.3) is 33.8 Å². The summed E-state index contributed by atoms with van der Waals surface area (Å²) in [6.07, 6.45) is 0.735. The molecule has 0 aliphatic heterocycles. The molecule has 0 atom stereocenters. The second kappa shape index (κ2) is 12.6. The third kappa shape index (κ3) is 5.88. The number of benzene rings is 3. The Bertz CT molecular complexity index is 1480. The molecule has 6 rings (SSSR count). The Morgan fingerprint density at radius 3 is 1.00 bits per heavy atom. The van der Waals surface area contributed by atoms with Crippen LogP contribution in [0, 0.1) is 27.1 Å². The fraction of sp³-hybridized carbons (Fsp3) is 0.0968. The van der Waals surface area contributed by atoms with E-state index < -0.39 is 0 Å². The molecule has 6 aromatic rings. The first kappa shape index (κ1) is 27.8. The van der Waals surface area contributed by atoms with Crippen molar-refractivity contribution in [2.24, 2.45) is 0 Å². The molecule has 9 heteroatoms. The van der Waals surface area contributed by atoms with Crippen LogP contribution in [0.5, 0.6) is 0 Å². The van der Waals surface area contributed by atoms with Gasteiger partial charge in [0.1, 0.15) is 0 Å². The quantitative estimate of drug-likeness (QED) is 0.142. The van der Waals surface area contributed by atoms with E-state index >= 15 is 0 Å². The Balaban J connectivity index is 0.00000103. The fourth-order valence-corrected chi connectivity index (χ4v) is 4.55. The molecule has 40 heavy (non-hydrogen) atoms. The maximum atomic E-state index is 5.04. The van der Waals surface area contributed by atoms with Crippen LogP contribution in [-0.4, -0.2) is 29.3 Å². The van der Waals surface area contributed by atoms with E-state index in [1.165, 1.54) is 0 Å². The first-order valence-corrected chi connectivity index (χ1v) is 15.9. The first-order chi connectivity index (χ1) is 19.5. The third-order valence-electron chi connectivity index (χ3n) is 6.44. The molecule has 6 nitrogen and oxygen atoms in total. The Morgan fingerprint density at radius 2 is 0.750 bits per heavy atom. The molecule has 0 aliphatic rings. The van der Waals surface area contributed by atoms with E-state index in [0.717, 1.165) is 57.1 Å². The van der Waals surface area contributed by atoms with Gasteiger partial charge in [-0.25, -0.2) is 0 Å². The van der Waals surface area contributed by atoms with E-state index in [9.17, 15) is 0 Å². The van der Waals surface area contributed by atoms with Crippen LogP contribution in [0.4, 0.5) is 0 Å². The number of halogens is 2. The van der Waals surface area contributed by atoms with Crippen molar-refractivity contribution >= 4 is 20.2 Å². The van der Waals surface area contributed by atoms with Crippen LogP contribution < -0.4 is 0 Å². The Hall–Kier alpha value is -3.74. The molecule has 0 radical (unpaired) electrons. The summed E-state index contributed by atoms with van der Waals surface area (Å²) in [5, 5.41) is 15.1. The molecule has 0 aliphatic carbocycles. The average molecular weight is 609 g/mol. The van der Waals surface area contributed by atoms with Gasteiger partial charge in [-0.05, 0) is 17.1 Å². The number of nitrogens with zero attached hydrogens (tertiary/aromatic N) is 6. The third-order valence-corrected chi connectivity index (χ3v) is 6.44. The molecule has 0 saturated heterocycles. The minimum atomic E-state index is 0.00694. The van der Waals surface area contributed by atoms with Crippen molar-refractivity contribution < 1.29 is 13.1 Å². The molecule has 0 N–H and O–H groups in total. The normalized spacial score (nSPS) is 10.7. The summed E-state index contributed by atoms with van der Waals surface area (Å²) < 4.78 is 5.81. The minimum absolute atomic E-state index is 0.00694. The first-order valence-electron chi connectivity index (χ1n) is 12.6. The van der Waals surface area contributed by atoms with Crippen LogP contribution in [0.2, 0.25) is 0 Å². The second-order valence-electron chi connectivity index (χ2n) is 9.20. The molecular weight excluding hydrogens is 582 g/mol. The summed E-state index contributed by atoms with van der Waals surface area (Å²) in [4.78, 5) is 0. The molecule has 0 unspecified atom stereocenters. The molecule has 203 valence electrons.